The summed E-state index contributed by atoms with van der Waals surface area (Å²) in [5.74, 6) is 0.879. The second-order valence-electron chi connectivity index (χ2n) is 10.7. The first kappa shape index (κ1) is 22.6. The SMILES string of the molecule is Cc1cc(N2C(=O)C3[C@@H]4C[C@H](N(C(=O)O[C@H]5C[C@@H](C)CC[C@@H]5C(C)C)C4)N3C2=O)cnc1C#N. The van der Waals surface area contributed by atoms with Crippen LogP contribution in [-0.4, -0.2) is 57.7 Å². The third kappa shape index (κ3) is 3.42. The number of nitrogens with zero attached hydrogens (tertiary/aromatic N) is 5. The Morgan fingerprint density at radius 2 is 2.03 bits per heavy atom. The van der Waals surface area contributed by atoms with Crippen LogP contribution in [0.4, 0.5) is 15.3 Å². The largest absolute Gasteiger partial charge is 0.446 e. The van der Waals surface area contributed by atoms with Gasteiger partial charge in [0.25, 0.3) is 5.91 Å². The van der Waals surface area contributed by atoms with E-state index in [-0.39, 0.29) is 29.7 Å². The molecule has 9 heteroatoms. The minimum Gasteiger partial charge on any atom is -0.446 e. The summed E-state index contributed by atoms with van der Waals surface area (Å²) in [7, 11) is 0. The zero-order valence-corrected chi connectivity index (χ0v) is 20.1. The summed E-state index contributed by atoms with van der Waals surface area (Å²) in [6.07, 6.45) is 4.05. The Hall–Kier alpha value is -3.15. The maximum absolute atomic E-state index is 13.4. The van der Waals surface area contributed by atoms with Crippen LogP contribution in [0.5, 0.6) is 0 Å². The van der Waals surface area contributed by atoms with Crippen molar-refractivity contribution >= 4 is 23.7 Å². The van der Waals surface area contributed by atoms with Gasteiger partial charge in [-0.05, 0) is 55.6 Å². The fourth-order valence-corrected chi connectivity index (χ4v) is 6.34. The van der Waals surface area contributed by atoms with Crippen LogP contribution in [0.25, 0.3) is 0 Å². The molecule has 1 aromatic heterocycles. The lowest BCUT2D eigenvalue weighted by molar-refractivity contribution is -0.121. The number of carbonyl (C=O) groups is 3. The van der Waals surface area contributed by atoms with Crippen LogP contribution in [0.2, 0.25) is 0 Å². The highest BCUT2D eigenvalue weighted by atomic mass is 16.6. The van der Waals surface area contributed by atoms with E-state index in [1.165, 1.54) is 11.1 Å². The Morgan fingerprint density at radius 1 is 1.26 bits per heavy atom. The van der Waals surface area contributed by atoms with Crippen LogP contribution in [-0.2, 0) is 9.53 Å². The molecule has 4 fully saturated rings. The third-order valence-electron chi connectivity index (χ3n) is 8.13. The zero-order valence-electron chi connectivity index (χ0n) is 20.1. The molecule has 1 aromatic rings. The molecular formula is C25H31N5O4. The molecule has 5 rings (SSSR count). The van der Waals surface area contributed by atoms with Gasteiger partial charge in [-0.1, -0.05) is 27.2 Å². The van der Waals surface area contributed by atoms with E-state index in [1.807, 2.05) is 6.07 Å². The number of pyridine rings is 1. The number of nitriles is 1. The monoisotopic (exact) mass is 465 g/mol. The predicted molar refractivity (Wildman–Crippen MR) is 122 cm³/mol. The zero-order chi connectivity index (χ0) is 24.3. The first-order valence-electron chi connectivity index (χ1n) is 12.2. The second-order valence-corrected chi connectivity index (χ2v) is 10.7. The number of hydrogen-bond acceptors (Lipinski definition) is 6. The molecule has 0 N–H and O–H groups in total. The van der Waals surface area contributed by atoms with Gasteiger partial charge in [-0.2, -0.15) is 5.26 Å². The van der Waals surface area contributed by atoms with Gasteiger partial charge in [-0.15, -0.1) is 0 Å². The van der Waals surface area contributed by atoms with E-state index in [2.05, 4.69) is 25.8 Å². The molecule has 9 nitrogen and oxygen atoms in total. The standard InChI is InChI=1S/C25H31N5O4/c1-13(2)18-6-5-14(3)7-20(18)34-25(33)28-12-16-9-21(28)30-22(16)23(31)29(24(30)32)17-8-15(4)19(10-26)27-11-17/h8,11,13-14,16,18,20-22H,5-7,9,12H2,1-4H3/t14-,16+,18+,20-,21+,22?/m0/s1. The van der Waals surface area contributed by atoms with Gasteiger partial charge >= 0.3 is 12.1 Å². The van der Waals surface area contributed by atoms with Crippen molar-refractivity contribution in [3.05, 3.63) is 23.5 Å². The highest BCUT2D eigenvalue weighted by molar-refractivity contribution is 6.22. The number of hydrogen-bond donors (Lipinski definition) is 0. The van der Waals surface area contributed by atoms with Gasteiger partial charge in [0, 0.05) is 12.5 Å². The van der Waals surface area contributed by atoms with Gasteiger partial charge in [0.1, 0.15) is 30.1 Å². The Balaban J connectivity index is 1.34. The maximum atomic E-state index is 13.4. The third-order valence-corrected chi connectivity index (χ3v) is 8.13. The summed E-state index contributed by atoms with van der Waals surface area (Å²) in [5, 5.41) is 9.13. The molecule has 4 amide bonds. The Labute approximate surface area is 199 Å². The van der Waals surface area contributed by atoms with Crippen LogP contribution >= 0.6 is 0 Å². The number of rotatable bonds is 3. The first-order chi connectivity index (χ1) is 16.2. The lowest BCUT2D eigenvalue weighted by atomic mass is 9.75. The fourth-order valence-electron chi connectivity index (χ4n) is 6.34. The van der Waals surface area contributed by atoms with Crippen molar-refractivity contribution in [3.8, 4) is 6.07 Å². The Bertz CT molecular complexity index is 1080. The van der Waals surface area contributed by atoms with Crippen molar-refractivity contribution in [1.29, 1.82) is 5.26 Å². The average Bonchev–Trinajstić information content (AvgIpc) is 3.45. The minimum absolute atomic E-state index is 0.113. The summed E-state index contributed by atoms with van der Waals surface area (Å²) in [4.78, 5) is 48.2. The Kier molecular flexibility index (Phi) is 5.50. The summed E-state index contributed by atoms with van der Waals surface area (Å²) < 4.78 is 6.05. The van der Waals surface area contributed by atoms with E-state index in [9.17, 15) is 14.4 Å². The molecule has 0 aromatic carbocycles. The topological polar surface area (TPSA) is 107 Å². The predicted octanol–water partition coefficient (Wildman–Crippen LogP) is 3.66. The number of anilines is 1. The molecule has 1 saturated carbocycles. The molecule has 34 heavy (non-hydrogen) atoms. The molecule has 6 atom stereocenters. The number of amides is 4. The molecule has 4 heterocycles. The van der Waals surface area contributed by atoms with Crippen molar-refractivity contribution < 1.29 is 19.1 Å². The molecule has 3 saturated heterocycles. The van der Waals surface area contributed by atoms with E-state index < -0.39 is 18.2 Å². The molecule has 2 bridgehead atoms. The van der Waals surface area contributed by atoms with Crippen molar-refractivity contribution in [2.75, 3.05) is 11.4 Å². The van der Waals surface area contributed by atoms with Crippen LogP contribution < -0.4 is 4.90 Å². The van der Waals surface area contributed by atoms with Crippen LogP contribution in [0.15, 0.2) is 12.3 Å². The van der Waals surface area contributed by atoms with Gasteiger partial charge in [0.15, 0.2) is 0 Å². The maximum Gasteiger partial charge on any atom is 0.411 e. The van der Waals surface area contributed by atoms with Crippen molar-refractivity contribution in [3.63, 3.8) is 0 Å². The van der Waals surface area contributed by atoms with Crippen LogP contribution in [0.3, 0.4) is 0 Å². The molecule has 4 aliphatic rings. The first-order valence-corrected chi connectivity index (χ1v) is 12.2. The highest BCUT2D eigenvalue weighted by Crippen LogP contribution is 2.45. The highest BCUT2D eigenvalue weighted by Gasteiger charge is 2.63. The van der Waals surface area contributed by atoms with E-state index in [4.69, 9.17) is 10.00 Å². The molecule has 1 unspecified atom stereocenters. The number of likely N-dealkylation sites (tertiary alicyclic amines) is 1. The van der Waals surface area contributed by atoms with Gasteiger partial charge in [-0.3, -0.25) is 14.6 Å². The second kappa shape index (κ2) is 8.26. The quantitative estimate of drug-likeness (QED) is 0.631. The lowest BCUT2D eigenvalue weighted by Crippen LogP contribution is -2.55. The number of aromatic nitrogens is 1. The van der Waals surface area contributed by atoms with E-state index in [0.717, 1.165) is 24.2 Å². The number of carbonyl (C=O) groups excluding carboxylic acids is 3. The molecule has 1 aliphatic carbocycles. The molecule has 0 radical (unpaired) electrons. The fraction of sp³-hybridized carbons (Fsp3) is 0.640. The number of imide groups is 1. The lowest BCUT2D eigenvalue weighted by Gasteiger charge is -2.40. The number of aryl methyl sites for hydroxylation is 1. The molecule has 180 valence electrons. The van der Waals surface area contributed by atoms with Gasteiger partial charge in [-0.25, -0.2) is 19.5 Å². The summed E-state index contributed by atoms with van der Waals surface area (Å²) in [6, 6.07) is 2.61. The van der Waals surface area contributed by atoms with Gasteiger partial charge < -0.3 is 4.74 Å². The van der Waals surface area contributed by atoms with Gasteiger partial charge in [0.2, 0.25) is 0 Å². The number of urea groups is 1. The van der Waals surface area contributed by atoms with E-state index in [1.54, 1.807) is 17.9 Å². The normalized spacial score (nSPS) is 32.4. The molecule has 3 aliphatic heterocycles. The average molecular weight is 466 g/mol. The minimum atomic E-state index is -0.574. The smallest absolute Gasteiger partial charge is 0.411 e. The molecule has 0 spiro atoms. The van der Waals surface area contributed by atoms with Gasteiger partial charge in [0.05, 0.1) is 11.9 Å². The van der Waals surface area contributed by atoms with Crippen molar-refractivity contribution in [1.82, 2.24) is 14.8 Å². The number of ether oxygens (including phenoxy) is 1. The molecular weight excluding hydrogens is 434 g/mol. The number of fused-ring (bicyclic) bond motifs is 5. The summed E-state index contributed by atoms with van der Waals surface area (Å²) in [5.41, 5.74) is 1.21. The summed E-state index contributed by atoms with van der Waals surface area (Å²) in [6.45, 7) is 8.68. The Morgan fingerprint density at radius 3 is 2.71 bits per heavy atom. The van der Waals surface area contributed by atoms with E-state index >= 15 is 0 Å². The summed E-state index contributed by atoms with van der Waals surface area (Å²) >= 11 is 0. The van der Waals surface area contributed by atoms with Crippen molar-refractivity contribution in [2.45, 2.75) is 71.7 Å². The van der Waals surface area contributed by atoms with Crippen LogP contribution in [0.1, 0.15) is 57.7 Å². The van der Waals surface area contributed by atoms with Crippen LogP contribution in [0, 0.1) is 41.9 Å². The van der Waals surface area contributed by atoms with E-state index in [0.29, 0.717) is 42.0 Å². The van der Waals surface area contributed by atoms with Crippen molar-refractivity contribution in [2.24, 2.45) is 23.7 Å².